The average Bonchev–Trinajstić information content (AvgIpc) is 3.30. The van der Waals surface area contributed by atoms with Gasteiger partial charge in [0, 0.05) is 19.3 Å². The number of unbranched alkanes of at least 4 members (excludes halogenated alkanes) is 33. The summed E-state index contributed by atoms with van der Waals surface area (Å²) in [7, 11) is -4.73. The average molecular weight is 959 g/mol. The number of carbonyl (C=O) groups is 3. The van der Waals surface area contributed by atoms with E-state index in [1.54, 1.807) is 0 Å². The molecule has 390 valence electrons. The van der Waals surface area contributed by atoms with E-state index in [0.29, 0.717) is 19.3 Å². The third-order valence-corrected chi connectivity index (χ3v) is 13.1. The van der Waals surface area contributed by atoms with Crippen molar-refractivity contribution in [1.82, 2.24) is 0 Å². The monoisotopic (exact) mass is 959 g/mol. The summed E-state index contributed by atoms with van der Waals surface area (Å²) in [4.78, 5) is 48.3. The van der Waals surface area contributed by atoms with Gasteiger partial charge in [-0.25, -0.2) is 4.57 Å². The van der Waals surface area contributed by atoms with Crippen LogP contribution in [0, 0.1) is 0 Å². The summed E-state index contributed by atoms with van der Waals surface area (Å²) < 4.78 is 39.3. The van der Waals surface area contributed by atoms with E-state index >= 15 is 0 Å². The number of rotatable bonds is 52. The Kier molecular flexibility index (Phi) is 48.3. The fraction of sp³-hybridized carbons (Fsp3) is 0.907. The molecule has 0 saturated heterocycles. The molecule has 0 aromatic carbocycles. The summed E-state index contributed by atoms with van der Waals surface area (Å²) in [6.07, 6.45) is 46.2. The van der Waals surface area contributed by atoms with E-state index in [9.17, 15) is 28.9 Å². The Morgan fingerprint density at radius 3 is 1.09 bits per heavy atom. The van der Waals surface area contributed by atoms with Crippen molar-refractivity contribution in [3.63, 3.8) is 0 Å². The molecule has 0 aliphatic heterocycles. The molecule has 66 heavy (non-hydrogen) atoms. The first kappa shape index (κ1) is 64.2. The standard InChI is InChI=1S/C54H103O11P/c1-4-7-10-13-16-19-21-22-23-24-25-26-27-28-30-33-36-39-42-45-54(58)65-51(47-61-52(56)43-40-37-34-32-29-20-17-14-11-8-5-2)49-63-66(59,60)62-48-50(46-55)64-53(57)44-41-38-35-31-18-15-12-9-6-3/h14,17,50-51,55H,4-13,15-16,18-49H2,1-3H3,(H,59,60)/b17-14-. The molecule has 0 aliphatic carbocycles. The van der Waals surface area contributed by atoms with Crippen LogP contribution in [-0.4, -0.2) is 66.5 Å². The predicted molar refractivity (Wildman–Crippen MR) is 270 cm³/mol. The fourth-order valence-corrected chi connectivity index (χ4v) is 8.71. The summed E-state index contributed by atoms with van der Waals surface area (Å²) in [5.41, 5.74) is 0. The molecule has 0 heterocycles. The lowest BCUT2D eigenvalue weighted by molar-refractivity contribution is -0.161. The molecule has 3 atom stereocenters. The van der Waals surface area contributed by atoms with Gasteiger partial charge >= 0.3 is 25.7 Å². The number of aliphatic hydroxyl groups is 1. The van der Waals surface area contributed by atoms with Crippen molar-refractivity contribution < 1.29 is 52.2 Å². The van der Waals surface area contributed by atoms with E-state index in [2.05, 4.69) is 32.9 Å². The zero-order valence-electron chi connectivity index (χ0n) is 42.9. The maximum atomic E-state index is 12.9. The van der Waals surface area contributed by atoms with Crippen LogP contribution >= 0.6 is 7.82 Å². The second-order valence-corrected chi connectivity index (χ2v) is 20.2. The first-order valence-electron chi connectivity index (χ1n) is 27.6. The van der Waals surface area contributed by atoms with Crippen molar-refractivity contribution in [3.8, 4) is 0 Å². The van der Waals surface area contributed by atoms with Gasteiger partial charge in [0.05, 0.1) is 19.8 Å². The first-order valence-corrected chi connectivity index (χ1v) is 29.1. The Labute approximate surface area is 405 Å². The van der Waals surface area contributed by atoms with E-state index in [4.69, 9.17) is 23.3 Å². The lowest BCUT2D eigenvalue weighted by Gasteiger charge is -2.21. The number of ether oxygens (including phenoxy) is 3. The molecule has 0 aromatic rings. The van der Waals surface area contributed by atoms with Crippen LogP contribution in [0.25, 0.3) is 0 Å². The van der Waals surface area contributed by atoms with E-state index in [-0.39, 0.29) is 25.9 Å². The quantitative estimate of drug-likeness (QED) is 0.0197. The van der Waals surface area contributed by atoms with Crippen molar-refractivity contribution in [3.05, 3.63) is 12.2 Å². The lowest BCUT2D eigenvalue weighted by Crippen LogP contribution is -2.30. The molecule has 3 unspecified atom stereocenters. The first-order chi connectivity index (χ1) is 32.2. The summed E-state index contributed by atoms with van der Waals surface area (Å²) in [6, 6.07) is 0. The van der Waals surface area contributed by atoms with Gasteiger partial charge in [-0.15, -0.1) is 0 Å². The molecular formula is C54H103O11P. The van der Waals surface area contributed by atoms with Gasteiger partial charge in [-0.2, -0.15) is 0 Å². The van der Waals surface area contributed by atoms with E-state index < -0.39 is 57.8 Å². The Bertz CT molecular complexity index is 1160. The van der Waals surface area contributed by atoms with Crippen molar-refractivity contribution in [2.45, 2.75) is 290 Å². The topological polar surface area (TPSA) is 155 Å². The Balaban J connectivity index is 4.64. The number of hydrogen-bond acceptors (Lipinski definition) is 10. The van der Waals surface area contributed by atoms with Crippen LogP contribution in [0.1, 0.15) is 278 Å². The summed E-state index contributed by atoms with van der Waals surface area (Å²) in [5, 5.41) is 9.75. The molecule has 0 fully saturated rings. The summed E-state index contributed by atoms with van der Waals surface area (Å²) >= 11 is 0. The Morgan fingerprint density at radius 1 is 0.409 bits per heavy atom. The third-order valence-electron chi connectivity index (χ3n) is 12.2. The molecule has 0 saturated carbocycles. The van der Waals surface area contributed by atoms with Crippen molar-refractivity contribution in [1.29, 1.82) is 0 Å². The van der Waals surface area contributed by atoms with Crippen LogP contribution < -0.4 is 0 Å². The largest absolute Gasteiger partial charge is 0.472 e. The highest BCUT2D eigenvalue weighted by molar-refractivity contribution is 7.47. The minimum Gasteiger partial charge on any atom is -0.462 e. The highest BCUT2D eigenvalue weighted by Gasteiger charge is 2.28. The minimum absolute atomic E-state index is 0.174. The fourth-order valence-electron chi connectivity index (χ4n) is 7.93. The maximum Gasteiger partial charge on any atom is 0.472 e. The molecule has 0 rings (SSSR count). The highest BCUT2D eigenvalue weighted by atomic mass is 31.2. The van der Waals surface area contributed by atoms with E-state index in [1.165, 1.54) is 141 Å². The number of carbonyl (C=O) groups excluding carboxylic acids is 3. The number of allylic oxidation sites excluding steroid dienone is 2. The number of aliphatic hydroxyl groups excluding tert-OH is 1. The van der Waals surface area contributed by atoms with Crippen molar-refractivity contribution in [2.24, 2.45) is 0 Å². The van der Waals surface area contributed by atoms with Gasteiger partial charge < -0.3 is 24.2 Å². The number of esters is 3. The zero-order valence-corrected chi connectivity index (χ0v) is 43.8. The molecule has 0 amide bonds. The van der Waals surface area contributed by atoms with Gasteiger partial charge in [-0.05, 0) is 38.5 Å². The second-order valence-electron chi connectivity index (χ2n) is 18.8. The van der Waals surface area contributed by atoms with Crippen LogP contribution in [0.3, 0.4) is 0 Å². The summed E-state index contributed by atoms with van der Waals surface area (Å²) in [5.74, 6) is -1.45. The molecule has 0 bridgehead atoms. The molecule has 0 aliphatic rings. The molecule has 0 spiro atoms. The van der Waals surface area contributed by atoms with Gasteiger partial charge in [0.15, 0.2) is 6.10 Å². The van der Waals surface area contributed by atoms with E-state index in [1.807, 2.05) is 0 Å². The predicted octanol–water partition coefficient (Wildman–Crippen LogP) is 15.7. The number of phosphoric ester groups is 1. The van der Waals surface area contributed by atoms with Crippen LogP contribution in [0.5, 0.6) is 0 Å². The van der Waals surface area contributed by atoms with Crippen molar-refractivity contribution >= 4 is 25.7 Å². The van der Waals surface area contributed by atoms with Crippen LogP contribution in [0.2, 0.25) is 0 Å². The Morgan fingerprint density at radius 2 is 0.712 bits per heavy atom. The second kappa shape index (κ2) is 49.6. The third kappa shape index (κ3) is 47.3. The van der Waals surface area contributed by atoms with Gasteiger partial charge in [0.2, 0.25) is 0 Å². The van der Waals surface area contributed by atoms with Crippen LogP contribution in [0.4, 0.5) is 0 Å². The lowest BCUT2D eigenvalue weighted by atomic mass is 10.0. The smallest absolute Gasteiger partial charge is 0.462 e. The molecule has 2 N–H and O–H groups in total. The SMILES string of the molecule is CCCC/C=C\CCCCCCCC(=O)OCC(COP(=O)(O)OCC(CO)OC(=O)CCCCCCCCCCC)OC(=O)CCCCCCCCCCCCCCCCCCCCC. The molecule has 0 radical (unpaired) electrons. The number of phosphoric acid groups is 1. The number of hydrogen-bond donors (Lipinski definition) is 2. The van der Waals surface area contributed by atoms with Gasteiger partial charge in [-0.1, -0.05) is 232 Å². The highest BCUT2D eigenvalue weighted by Crippen LogP contribution is 2.43. The molecular weight excluding hydrogens is 856 g/mol. The van der Waals surface area contributed by atoms with Crippen LogP contribution in [0.15, 0.2) is 12.2 Å². The zero-order chi connectivity index (χ0) is 48.4. The minimum atomic E-state index is -4.73. The van der Waals surface area contributed by atoms with Gasteiger partial charge in [0.25, 0.3) is 0 Å². The summed E-state index contributed by atoms with van der Waals surface area (Å²) in [6.45, 7) is 4.61. The molecule has 0 aromatic heterocycles. The van der Waals surface area contributed by atoms with E-state index in [0.717, 1.165) is 77.0 Å². The Hall–Kier alpha value is -1.78. The molecule has 11 nitrogen and oxygen atoms in total. The van der Waals surface area contributed by atoms with Gasteiger partial charge in [-0.3, -0.25) is 23.4 Å². The van der Waals surface area contributed by atoms with Crippen LogP contribution in [-0.2, 0) is 42.2 Å². The van der Waals surface area contributed by atoms with Gasteiger partial charge in [0.1, 0.15) is 12.7 Å². The molecule has 12 heteroatoms. The normalized spacial score (nSPS) is 13.5. The van der Waals surface area contributed by atoms with Crippen molar-refractivity contribution in [2.75, 3.05) is 26.4 Å². The maximum absolute atomic E-state index is 12.9.